The van der Waals surface area contributed by atoms with Gasteiger partial charge in [-0.05, 0) is 30.2 Å². The Labute approximate surface area is 130 Å². The van der Waals surface area contributed by atoms with Crippen LogP contribution in [0.4, 0.5) is 5.69 Å². The molecular formula is C16H23N3OS. The van der Waals surface area contributed by atoms with Crippen LogP contribution < -0.4 is 10.2 Å². The van der Waals surface area contributed by atoms with E-state index >= 15 is 0 Å². The fraction of sp³-hybridized carbons (Fsp3) is 0.438. The van der Waals surface area contributed by atoms with Crippen molar-refractivity contribution in [1.29, 1.82) is 0 Å². The third-order valence-corrected chi connectivity index (χ3v) is 4.08. The van der Waals surface area contributed by atoms with Crippen molar-refractivity contribution in [2.45, 2.75) is 20.0 Å². The van der Waals surface area contributed by atoms with Crippen molar-refractivity contribution >= 4 is 17.0 Å². The third-order valence-electron chi connectivity index (χ3n) is 3.45. The Hall–Kier alpha value is -1.43. The molecule has 2 aromatic rings. The van der Waals surface area contributed by atoms with E-state index < -0.39 is 0 Å². The van der Waals surface area contributed by atoms with Crippen LogP contribution in [0.5, 0.6) is 0 Å². The van der Waals surface area contributed by atoms with Gasteiger partial charge in [0.05, 0.1) is 24.4 Å². The highest BCUT2D eigenvalue weighted by Gasteiger charge is 2.06. The van der Waals surface area contributed by atoms with Crippen molar-refractivity contribution in [3.63, 3.8) is 0 Å². The molecule has 1 aromatic heterocycles. The molecular weight excluding hydrogens is 282 g/mol. The molecule has 2 rings (SSSR count). The van der Waals surface area contributed by atoms with E-state index in [4.69, 9.17) is 4.74 Å². The van der Waals surface area contributed by atoms with Gasteiger partial charge < -0.3 is 15.0 Å². The molecule has 21 heavy (non-hydrogen) atoms. The summed E-state index contributed by atoms with van der Waals surface area (Å²) in [6.07, 6.45) is 0. The minimum atomic E-state index is 0.744. The number of hydrogen-bond donors (Lipinski definition) is 1. The fourth-order valence-electron chi connectivity index (χ4n) is 2.16. The number of thiazole rings is 1. The van der Waals surface area contributed by atoms with Gasteiger partial charge in [-0.25, -0.2) is 4.98 Å². The first kappa shape index (κ1) is 15.9. The maximum Gasteiger partial charge on any atom is 0.0795 e. The molecule has 0 aliphatic heterocycles. The highest BCUT2D eigenvalue weighted by atomic mass is 32.1. The quantitative estimate of drug-likeness (QED) is 0.761. The van der Waals surface area contributed by atoms with Crippen molar-refractivity contribution in [3.05, 3.63) is 45.9 Å². The van der Waals surface area contributed by atoms with Gasteiger partial charge in [0.1, 0.15) is 0 Å². The Kier molecular flexibility index (Phi) is 6.17. The number of ether oxygens (including phenoxy) is 1. The van der Waals surface area contributed by atoms with Gasteiger partial charge >= 0.3 is 0 Å². The minimum absolute atomic E-state index is 0.744. The van der Waals surface area contributed by atoms with Gasteiger partial charge in [-0.15, -0.1) is 11.3 Å². The zero-order valence-corrected chi connectivity index (χ0v) is 13.7. The fourth-order valence-corrected chi connectivity index (χ4v) is 2.71. The van der Waals surface area contributed by atoms with Gasteiger partial charge in [-0.1, -0.05) is 6.07 Å². The van der Waals surface area contributed by atoms with E-state index in [-0.39, 0.29) is 0 Å². The Morgan fingerprint density at radius 3 is 2.90 bits per heavy atom. The van der Waals surface area contributed by atoms with Crippen LogP contribution in [0.15, 0.2) is 29.1 Å². The summed E-state index contributed by atoms with van der Waals surface area (Å²) in [5.74, 6) is 0. The standard InChI is InChI=1S/C16H23N3OS/c1-13-8-16(19(2)10-15-11-21-12-18-15)5-4-14(13)9-17-6-7-20-3/h4-5,8,11-12,17H,6-7,9-10H2,1-3H3. The summed E-state index contributed by atoms with van der Waals surface area (Å²) in [5.41, 5.74) is 6.86. The van der Waals surface area contributed by atoms with Crippen LogP contribution in [0.25, 0.3) is 0 Å². The third kappa shape index (κ3) is 4.81. The summed E-state index contributed by atoms with van der Waals surface area (Å²) in [7, 11) is 3.82. The summed E-state index contributed by atoms with van der Waals surface area (Å²) >= 11 is 1.64. The molecule has 4 nitrogen and oxygen atoms in total. The zero-order valence-electron chi connectivity index (χ0n) is 12.9. The summed E-state index contributed by atoms with van der Waals surface area (Å²) in [5, 5.41) is 5.48. The average molecular weight is 305 g/mol. The molecule has 0 spiro atoms. The lowest BCUT2D eigenvalue weighted by Crippen LogP contribution is -2.20. The summed E-state index contributed by atoms with van der Waals surface area (Å²) in [6, 6.07) is 6.61. The van der Waals surface area contributed by atoms with Crippen LogP contribution in [-0.2, 0) is 17.8 Å². The first-order valence-corrected chi connectivity index (χ1v) is 8.02. The molecule has 0 bridgehead atoms. The second kappa shape index (κ2) is 8.12. The Morgan fingerprint density at radius 1 is 1.38 bits per heavy atom. The predicted octanol–water partition coefficient (Wildman–Crippen LogP) is 2.82. The number of methoxy groups -OCH3 is 1. The van der Waals surface area contributed by atoms with Crippen molar-refractivity contribution in [2.24, 2.45) is 0 Å². The van der Waals surface area contributed by atoms with Crippen LogP contribution in [0.1, 0.15) is 16.8 Å². The first-order chi connectivity index (χ1) is 10.2. The number of rotatable bonds is 8. The monoisotopic (exact) mass is 305 g/mol. The average Bonchev–Trinajstić information content (AvgIpc) is 2.97. The molecule has 1 N–H and O–H groups in total. The van der Waals surface area contributed by atoms with Crippen molar-refractivity contribution in [3.8, 4) is 0 Å². The molecule has 114 valence electrons. The van der Waals surface area contributed by atoms with Crippen molar-refractivity contribution < 1.29 is 4.74 Å². The molecule has 0 radical (unpaired) electrons. The highest BCUT2D eigenvalue weighted by molar-refractivity contribution is 7.07. The van der Waals surface area contributed by atoms with Gasteiger partial charge in [-0.2, -0.15) is 0 Å². The molecule has 0 amide bonds. The van der Waals surface area contributed by atoms with Gasteiger partial charge in [-0.3, -0.25) is 0 Å². The minimum Gasteiger partial charge on any atom is -0.383 e. The number of hydrogen-bond acceptors (Lipinski definition) is 5. The highest BCUT2D eigenvalue weighted by Crippen LogP contribution is 2.20. The van der Waals surface area contributed by atoms with E-state index in [1.807, 2.05) is 5.51 Å². The number of aromatic nitrogens is 1. The van der Waals surface area contributed by atoms with Crippen molar-refractivity contribution in [1.82, 2.24) is 10.3 Å². The molecule has 1 aromatic carbocycles. The lowest BCUT2D eigenvalue weighted by atomic mass is 10.1. The van der Waals surface area contributed by atoms with Crippen molar-refractivity contribution in [2.75, 3.05) is 32.2 Å². The number of aryl methyl sites for hydroxylation is 1. The number of nitrogens with one attached hydrogen (secondary N) is 1. The van der Waals surface area contributed by atoms with E-state index in [0.717, 1.165) is 31.9 Å². The maximum absolute atomic E-state index is 5.04. The zero-order chi connectivity index (χ0) is 15.1. The van der Waals surface area contributed by atoms with Crippen LogP contribution >= 0.6 is 11.3 Å². The van der Waals surface area contributed by atoms with E-state index in [0.29, 0.717) is 0 Å². The van der Waals surface area contributed by atoms with E-state index in [9.17, 15) is 0 Å². The Bertz CT molecular complexity index is 542. The lowest BCUT2D eigenvalue weighted by molar-refractivity contribution is 0.199. The molecule has 0 aliphatic carbocycles. The first-order valence-electron chi connectivity index (χ1n) is 7.08. The largest absolute Gasteiger partial charge is 0.383 e. The smallest absolute Gasteiger partial charge is 0.0795 e. The molecule has 0 aliphatic rings. The second-order valence-corrected chi connectivity index (χ2v) is 5.83. The topological polar surface area (TPSA) is 37.4 Å². The van der Waals surface area contributed by atoms with E-state index in [2.05, 4.69) is 52.8 Å². The van der Waals surface area contributed by atoms with Crippen LogP contribution in [0.3, 0.4) is 0 Å². The Morgan fingerprint density at radius 2 is 2.24 bits per heavy atom. The molecule has 5 heteroatoms. The van der Waals surface area contributed by atoms with Crippen LogP contribution in [-0.4, -0.2) is 32.3 Å². The molecule has 0 saturated carbocycles. The van der Waals surface area contributed by atoms with Crippen LogP contribution in [0, 0.1) is 6.92 Å². The molecule has 0 atom stereocenters. The number of benzene rings is 1. The lowest BCUT2D eigenvalue weighted by Gasteiger charge is -2.20. The maximum atomic E-state index is 5.04. The van der Waals surface area contributed by atoms with E-state index in [1.54, 1.807) is 18.4 Å². The van der Waals surface area contributed by atoms with Gasteiger partial charge in [0.15, 0.2) is 0 Å². The summed E-state index contributed by atoms with van der Waals surface area (Å²) < 4.78 is 5.04. The van der Waals surface area contributed by atoms with Crippen LogP contribution in [0.2, 0.25) is 0 Å². The van der Waals surface area contributed by atoms with Gasteiger partial charge in [0, 0.05) is 38.3 Å². The molecule has 0 unspecified atom stereocenters. The molecule has 1 heterocycles. The SMILES string of the molecule is COCCNCc1ccc(N(C)Cc2cscn2)cc1C. The van der Waals surface area contributed by atoms with E-state index in [1.165, 1.54) is 16.8 Å². The summed E-state index contributed by atoms with van der Waals surface area (Å²) in [6.45, 7) is 5.50. The second-order valence-electron chi connectivity index (χ2n) is 5.12. The normalized spacial score (nSPS) is 10.8. The Balaban J connectivity index is 1.94. The number of anilines is 1. The molecule has 0 saturated heterocycles. The predicted molar refractivity (Wildman–Crippen MR) is 89.0 cm³/mol. The van der Waals surface area contributed by atoms with Gasteiger partial charge in [0.2, 0.25) is 0 Å². The number of nitrogens with zero attached hydrogens (tertiary/aromatic N) is 2. The van der Waals surface area contributed by atoms with Gasteiger partial charge in [0.25, 0.3) is 0 Å². The summed E-state index contributed by atoms with van der Waals surface area (Å²) in [4.78, 5) is 6.56. The molecule has 0 fully saturated rings.